The van der Waals surface area contributed by atoms with Gasteiger partial charge in [-0.05, 0) is 62.0 Å². The molecule has 10 heteroatoms. The Balaban J connectivity index is 1.71. The van der Waals surface area contributed by atoms with Crippen LogP contribution in [0.25, 0.3) is 0 Å². The van der Waals surface area contributed by atoms with Crippen molar-refractivity contribution in [3.63, 3.8) is 0 Å². The number of anilines is 1. The van der Waals surface area contributed by atoms with E-state index < -0.39 is 11.8 Å². The lowest BCUT2D eigenvalue weighted by Gasteiger charge is -2.13. The first-order valence-electron chi connectivity index (χ1n) is 12.1. The summed E-state index contributed by atoms with van der Waals surface area (Å²) in [5, 5.41) is 5.15. The van der Waals surface area contributed by atoms with Crippen molar-refractivity contribution >= 4 is 40.7 Å². The standard InChI is InChI=1S/C26H34N4O5S/c1-3-5-6-9-18-35-22-11-8-7-10-21(22)25(33)28-26(36)30-29-24(32)17-16-23(31)27-19-12-14-20(15-13-19)34-4-2/h7-8,10-15H,3-6,9,16-18H2,1-2H3,(H,27,31)(H,29,32)(H2,28,30,33,36). The first kappa shape index (κ1) is 28.6. The van der Waals surface area contributed by atoms with Gasteiger partial charge in [-0.1, -0.05) is 38.3 Å². The third-order valence-electron chi connectivity index (χ3n) is 4.96. The Labute approximate surface area is 217 Å². The van der Waals surface area contributed by atoms with Crippen LogP contribution in [0.4, 0.5) is 5.69 Å². The summed E-state index contributed by atoms with van der Waals surface area (Å²) in [5.41, 5.74) is 5.80. The van der Waals surface area contributed by atoms with Crippen molar-refractivity contribution in [3.05, 3.63) is 54.1 Å². The Morgan fingerprint density at radius 1 is 0.833 bits per heavy atom. The fourth-order valence-electron chi connectivity index (χ4n) is 3.13. The maximum Gasteiger partial charge on any atom is 0.261 e. The number of carbonyl (C=O) groups is 3. The van der Waals surface area contributed by atoms with E-state index in [0.29, 0.717) is 36.0 Å². The number of hydrazine groups is 1. The molecule has 3 amide bonds. The van der Waals surface area contributed by atoms with Crippen molar-refractivity contribution in [1.82, 2.24) is 16.2 Å². The van der Waals surface area contributed by atoms with Crippen molar-refractivity contribution in [2.75, 3.05) is 18.5 Å². The van der Waals surface area contributed by atoms with E-state index in [1.807, 2.05) is 6.92 Å². The Bertz CT molecular complexity index is 1010. The molecule has 0 saturated heterocycles. The van der Waals surface area contributed by atoms with E-state index in [0.717, 1.165) is 25.7 Å². The number of ether oxygens (including phenoxy) is 2. The highest BCUT2D eigenvalue weighted by atomic mass is 32.1. The third-order valence-corrected chi connectivity index (χ3v) is 5.16. The van der Waals surface area contributed by atoms with Gasteiger partial charge in [-0.2, -0.15) is 0 Å². The highest BCUT2D eigenvalue weighted by molar-refractivity contribution is 7.80. The number of rotatable bonds is 13. The number of para-hydroxylation sites is 1. The van der Waals surface area contributed by atoms with E-state index in [-0.39, 0.29) is 23.9 Å². The second-order valence-electron chi connectivity index (χ2n) is 7.87. The summed E-state index contributed by atoms with van der Waals surface area (Å²) in [6, 6.07) is 13.8. The summed E-state index contributed by atoms with van der Waals surface area (Å²) in [6.07, 6.45) is 4.17. The number of benzene rings is 2. The highest BCUT2D eigenvalue weighted by Gasteiger charge is 2.14. The Hall–Kier alpha value is -3.66. The molecule has 0 aliphatic carbocycles. The average molecular weight is 515 g/mol. The van der Waals surface area contributed by atoms with Crippen LogP contribution in [0.3, 0.4) is 0 Å². The maximum absolute atomic E-state index is 12.6. The minimum absolute atomic E-state index is 0.0250. The number of hydrogen-bond acceptors (Lipinski definition) is 6. The summed E-state index contributed by atoms with van der Waals surface area (Å²) in [4.78, 5) is 36.8. The zero-order valence-electron chi connectivity index (χ0n) is 20.7. The number of hydrogen-bond donors (Lipinski definition) is 4. The van der Waals surface area contributed by atoms with Crippen molar-refractivity contribution < 1.29 is 23.9 Å². The highest BCUT2D eigenvalue weighted by Crippen LogP contribution is 2.18. The number of nitrogens with one attached hydrogen (secondary N) is 4. The zero-order valence-corrected chi connectivity index (χ0v) is 21.5. The van der Waals surface area contributed by atoms with Gasteiger partial charge in [0.25, 0.3) is 5.91 Å². The lowest BCUT2D eigenvalue weighted by Crippen LogP contribution is -2.48. The first-order chi connectivity index (χ1) is 17.4. The summed E-state index contributed by atoms with van der Waals surface area (Å²) in [5.74, 6) is -0.0410. The fraction of sp³-hybridized carbons (Fsp3) is 0.385. The Morgan fingerprint density at radius 3 is 2.28 bits per heavy atom. The van der Waals surface area contributed by atoms with Gasteiger partial charge in [0.1, 0.15) is 11.5 Å². The van der Waals surface area contributed by atoms with E-state index in [1.54, 1.807) is 48.5 Å². The number of thiocarbonyl (C=S) groups is 1. The van der Waals surface area contributed by atoms with Gasteiger partial charge in [-0.15, -0.1) is 0 Å². The molecule has 0 aliphatic heterocycles. The molecule has 2 aromatic rings. The van der Waals surface area contributed by atoms with Gasteiger partial charge in [-0.25, -0.2) is 0 Å². The molecule has 0 spiro atoms. The van der Waals surface area contributed by atoms with Crippen molar-refractivity contribution in [2.45, 2.75) is 52.4 Å². The molecule has 0 saturated carbocycles. The first-order valence-corrected chi connectivity index (χ1v) is 12.5. The van der Waals surface area contributed by atoms with E-state index in [1.165, 1.54) is 0 Å². The van der Waals surface area contributed by atoms with Crippen molar-refractivity contribution in [2.24, 2.45) is 0 Å². The summed E-state index contributed by atoms with van der Waals surface area (Å²) < 4.78 is 11.1. The Kier molecular flexibility index (Phi) is 12.8. The van der Waals surface area contributed by atoms with Gasteiger partial charge in [0.05, 0.1) is 18.8 Å². The van der Waals surface area contributed by atoms with Gasteiger partial charge < -0.3 is 14.8 Å². The topological polar surface area (TPSA) is 118 Å². The molecule has 194 valence electrons. The molecule has 0 aliphatic rings. The molecule has 2 rings (SSSR count). The quantitative estimate of drug-likeness (QED) is 0.181. The molecule has 9 nitrogen and oxygen atoms in total. The molecule has 0 bridgehead atoms. The second kappa shape index (κ2) is 16.1. The molecular formula is C26H34N4O5S. The number of amides is 3. The minimum atomic E-state index is -0.458. The molecule has 2 aromatic carbocycles. The fourth-order valence-corrected chi connectivity index (χ4v) is 3.28. The normalized spacial score (nSPS) is 10.2. The van der Waals surface area contributed by atoms with Gasteiger partial charge in [0.15, 0.2) is 5.11 Å². The largest absolute Gasteiger partial charge is 0.494 e. The number of carbonyl (C=O) groups excluding carboxylic acids is 3. The average Bonchev–Trinajstić information content (AvgIpc) is 2.87. The van der Waals surface area contributed by atoms with Gasteiger partial charge in [0, 0.05) is 18.5 Å². The van der Waals surface area contributed by atoms with Gasteiger partial charge in [0.2, 0.25) is 11.8 Å². The van der Waals surface area contributed by atoms with Crippen LogP contribution in [0.2, 0.25) is 0 Å². The van der Waals surface area contributed by atoms with Gasteiger partial charge >= 0.3 is 0 Å². The van der Waals surface area contributed by atoms with Crippen LogP contribution in [0.5, 0.6) is 11.5 Å². The van der Waals surface area contributed by atoms with Crippen LogP contribution >= 0.6 is 12.2 Å². The Morgan fingerprint density at radius 2 is 1.56 bits per heavy atom. The van der Waals surface area contributed by atoms with Crippen LogP contribution in [-0.2, 0) is 9.59 Å². The lowest BCUT2D eigenvalue weighted by molar-refractivity contribution is -0.124. The predicted molar refractivity (Wildman–Crippen MR) is 143 cm³/mol. The zero-order chi connectivity index (χ0) is 26.2. The SMILES string of the molecule is CCCCCCOc1ccccc1C(=O)NC(=S)NNC(=O)CCC(=O)Nc1ccc(OCC)cc1. The molecule has 0 radical (unpaired) electrons. The predicted octanol–water partition coefficient (Wildman–Crippen LogP) is 4.10. The molecular weight excluding hydrogens is 480 g/mol. The van der Waals surface area contributed by atoms with Crippen molar-refractivity contribution in [3.8, 4) is 11.5 Å². The number of unbranched alkanes of at least 4 members (excludes halogenated alkanes) is 3. The summed E-state index contributed by atoms with van der Waals surface area (Å²) in [7, 11) is 0. The molecule has 0 atom stereocenters. The summed E-state index contributed by atoms with van der Waals surface area (Å²) in [6.45, 7) is 5.11. The van der Waals surface area contributed by atoms with Gasteiger partial charge in [-0.3, -0.25) is 30.6 Å². The van der Waals surface area contributed by atoms with Crippen LogP contribution in [0.15, 0.2) is 48.5 Å². The van der Waals surface area contributed by atoms with Crippen LogP contribution in [-0.4, -0.2) is 36.0 Å². The van der Waals surface area contributed by atoms with Crippen molar-refractivity contribution in [1.29, 1.82) is 0 Å². The van der Waals surface area contributed by atoms with E-state index in [9.17, 15) is 14.4 Å². The van der Waals surface area contributed by atoms with E-state index >= 15 is 0 Å². The smallest absolute Gasteiger partial charge is 0.261 e. The molecule has 0 aromatic heterocycles. The molecule has 0 unspecified atom stereocenters. The third kappa shape index (κ3) is 10.7. The lowest BCUT2D eigenvalue weighted by atomic mass is 10.2. The second-order valence-corrected chi connectivity index (χ2v) is 8.28. The van der Waals surface area contributed by atoms with E-state index in [2.05, 4.69) is 28.4 Å². The van der Waals surface area contributed by atoms with Crippen LogP contribution in [0.1, 0.15) is 62.7 Å². The minimum Gasteiger partial charge on any atom is -0.494 e. The molecule has 4 N–H and O–H groups in total. The molecule has 36 heavy (non-hydrogen) atoms. The van der Waals surface area contributed by atoms with E-state index in [4.69, 9.17) is 21.7 Å². The maximum atomic E-state index is 12.6. The summed E-state index contributed by atoms with van der Waals surface area (Å²) >= 11 is 5.09. The van der Waals surface area contributed by atoms with Crippen LogP contribution in [0, 0.1) is 0 Å². The molecule has 0 heterocycles. The monoisotopic (exact) mass is 514 g/mol. The molecule has 0 fully saturated rings. The van der Waals surface area contributed by atoms with Crippen LogP contribution < -0.4 is 31.0 Å².